The zero-order chi connectivity index (χ0) is 14.2. The van der Waals surface area contributed by atoms with Gasteiger partial charge in [0.25, 0.3) is 5.82 Å². The lowest BCUT2D eigenvalue weighted by molar-refractivity contribution is -0.840. The van der Waals surface area contributed by atoms with Gasteiger partial charge in [-0.25, -0.2) is 4.98 Å². The fourth-order valence-corrected chi connectivity index (χ4v) is 3.25. The van der Waals surface area contributed by atoms with Crippen LogP contribution in [0.3, 0.4) is 0 Å². The van der Waals surface area contributed by atoms with Gasteiger partial charge >= 0.3 is 0 Å². The molecule has 3 heterocycles. The van der Waals surface area contributed by atoms with Crippen LogP contribution in [-0.2, 0) is 6.42 Å². The summed E-state index contributed by atoms with van der Waals surface area (Å²) in [4.78, 5) is 11.0. The number of piperidine rings is 1. The number of rotatable bonds is 2. The van der Waals surface area contributed by atoms with Gasteiger partial charge in [0, 0.05) is 11.8 Å². The standard InChI is InChI=1S/C17H19N3O.ClH/c1-2-14-18-15-12-8-4-5-9-13(12)21-16(15)17(19-14)20-10-6-3-7-11-20;/h4-5,8-9H,2-3,6-7,10-11H2,1H3;1H. The summed E-state index contributed by atoms with van der Waals surface area (Å²) < 4.78 is 6.09. The van der Waals surface area contributed by atoms with Gasteiger partial charge < -0.3 is 16.8 Å². The topological polar surface area (TPSA) is 43.4 Å². The molecule has 22 heavy (non-hydrogen) atoms. The van der Waals surface area contributed by atoms with E-state index in [2.05, 4.69) is 13.0 Å². The molecule has 0 aliphatic carbocycles. The van der Waals surface area contributed by atoms with E-state index in [-0.39, 0.29) is 12.4 Å². The van der Waals surface area contributed by atoms with Crippen molar-refractivity contribution in [2.45, 2.75) is 32.6 Å². The van der Waals surface area contributed by atoms with Crippen LogP contribution in [0.25, 0.3) is 22.1 Å². The molecule has 0 bridgehead atoms. The first kappa shape index (κ1) is 15.3. The Morgan fingerprint density at radius 2 is 1.86 bits per heavy atom. The van der Waals surface area contributed by atoms with E-state index in [1.54, 1.807) is 0 Å². The van der Waals surface area contributed by atoms with Crippen molar-refractivity contribution < 1.29 is 21.7 Å². The molecular weight excluding hydrogens is 298 g/mol. The first-order valence-corrected chi connectivity index (χ1v) is 7.90. The largest absolute Gasteiger partial charge is 1.00 e. The zero-order valence-electron chi connectivity index (χ0n) is 12.7. The van der Waals surface area contributed by atoms with Gasteiger partial charge in [0.05, 0.1) is 13.1 Å². The number of furan rings is 1. The predicted octanol–water partition coefficient (Wildman–Crippen LogP) is -0.357. The van der Waals surface area contributed by atoms with Crippen molar-refractivity contribution in [1.82, 2.24) is 9.97 Å². The van der Waals surface area contributed by atoms with E-state index in [0.29, 0.717) is 0 Å². The Morgan fingerprint density at radius 3 is 2.64 bits per heavy atom. The summed E-state index contributed by atoms with van der Waals surface area (Å²) in [7, 11) is 0. The molecule has 116 valence electrons. The van der Waals surface area contributed by atoms with Gasteiger partial charge in [-0.2, -0.15) is 4.98 Å². The number of nitrogens with zero attached hydrogens (tertiary/aromatic N) is 2. The molecule has 1 saturated heterocycles. The van der Waals surface area contributed by atoms with Crippen molar-refractivity contribution >= 4 is 27.9 Å². The van der Waals surface area contributed by atoms with E-state index in [1.165, 1.54) is 24.2 Å². The smallest absolute Gasteiger partial charge is 0.273 e. The van der Waals surface area contributed by atoms with Crippen LogP contribution in [-0.4, -0.2) is 23.1 Å². The van der Waals surface area contributed by atoms with Crippen LogP contribution in [0, 0.1) is 0 Å². The number of nitrogens with one attached hydrogen (secondary N) is 1. The first-order chi connectivity index (χ1) is 10.4. The minimum absolute atomic E-state index is 0. The molecule has 0 atom stereocenters. The summed E-state index contributed by atoms with van der Waals surface area (Å²) in [6, 6.07) is 8.14. The molecule has 0 saturated carbocycles. The van der Waals surface area contributed by atoms with Crippen molar-refractivity contribution in [2.75, 3.05) is 13.1 Å². The fourth-order valence-electron chi connectivity index (χ4n) is 3.25. The van der Waals surface area contributed by atoms with E-state index in [9.17, 15) is 0 Å². The Hall–Kier alpha value is -1.65. The molecule has 0 spiro atoms. The molecule has 1 aliphatic rings. The van der Waals surface area contributed by atoms with Crippen molar-refractivity contribution in [3.63, 3.8) is 0 Å². The molecule has 3 aromatic rings. The Morgan fingerprint density at radius 1 is 1.09 bits per heavy atom. The number of halogens is 1. The van der Waals surface area contributed by atoms with Crippen LogP contribution in [0.5, 0.6) is 0 Å². The highest BCUT2D eigenvalue weighted by atomic mass is 35.5. The summed E-state index contributed by atoms with van der Waals surface area (Å²) in [5, 5.41) is 1.10. The highest BCUT2D eigenvalue weighted by Gasteiger charge is 2.25. The Labute approximate surface area is 135 Å². The van der Waals surface area contributed by atoms with Crippen LogP contribution in [0.1, 0.15) is 32.0 Å². The predicted molar refractivity (Wildman–Crippen MR) is 82.9 cm³/mol. The molecule has 4 nitrogen and oxygen atoms in total. The average molecular weight is 318 g/mol. The van der Waals surface area contributed by atoms with E-state index in [4.69, 9.17) is 14.4 Å². The van der Waals surface area contributed by atoms with Crippen molar-refractivity contribution in [3.05, 3.63) is 30.1 Å². The molecule has 5 heteroatoms. The Bertz CT molecular complexity index is 793. The highest BCUT2D eigenvalue weighted by molar-refractivity contribution is 6.04. The van der Waals surface area contributed by atoms with Gasteiger partial charge in [-0.05, 0) is 31.4 Å². The lowest BCUT2D eigenvalue weighted by Gasteiger charge is -2.22. The molecule has 1 aliphatic heterocycles. The van der Waals surface area contributed by atoms with Crippen LogP contribution in [0.15, 0.2) is 28.7 Å². The number of fused-ring (bicyclic) bond motifs is 3. The van der Waals surface area contributed by atoms with Gasteiger partial charge in [0.1, 0.15) is 16.9 Å². The fraction of sp³-hybridized carbons (Fsp3) is 0.412. The second kappa shape index (κ2) is 6.23. The first-order valence-electron chi connectivity index (χ1n) is 7.90. The summed E-state index contributed by atoms with van der Waals surface area (Å²) in [6.07, 6.45) is 4.72. The van der Waals surface area contributed by atoms with Crippen molar-refractivity contribution in [2.24, 2.45) is 0 Å². The summed E-state index contributed by atoms with van der Waals surface area (Å²) in [6.45, 7) is 4.40. The number of hydrogen-bond acceptors (Lipinski definition) is 3. The van der Waals surface area contributed by atoms with Crippen molar-refractivity contribution in [1.29, 1.82) is 0 Å². The second-order valence-corrected chi connectivity index (χ2v) is 5.78. The molecule has 0 radical (unpaired) electrons. The molecule has 0 amide bonds. The zero-order valence-corrected chi connectivity index (χ0v) is 13.5. The van der Waals surface area contributed by atoms with E-state index in [1.807, 2.05) is 18.2 Å². The van der Waals surface area contributed by atoms with Crippen LogP contribution in [0.4, 0.5) is 5.82 Å². The molecule has 1 N–H and O–H groups in total. The monoisotopic (exact) mass is 317 g/mol. The number of aryl methyl sites for hydroxylation is 1. The minimum atomic E-state index is 0. The normalized spacial score (nSPS) is 16.0. The number of para-hydroxylation sites is 1. The number of benzene rings is 1. The third-order valence-electron chi connectivity index (χ3n) is 4.37. The molecule has 1 aromatic carbocycles. The van der Waals surface area contributed by atoms with E-state index in [0.717, 1.165) is 53.2 Å². The molecule has 0 unspecified atom stereocenters. The molecule has 1 fully saturated rings. The van der Waals surface area contributed by atoms with Crippen LogP contribution < -0.4 is 17.3 Å². The van der Waals surface area contributed by atoms with Crippen molar-refractivity contribution in [3.8, 4) is 0 Å². The average Bonchev–Trinajstić information content (AvgIpc) is 2.93. The number of hydrogen-bond donors (Lipinski definition) is 1. The maximum absolute atomic E-state index is 6.09. The SMILES string of the molecule is CCc1nc([NH+]2CCCCC2)c2oc3ccccc3c2n1.[Cl-]. The lowest BCUT2D eigenvalue weighted by Crippen LogP contribution is -3.08. The molecular formula is C17H20ClN3O. The van der Waals surface area contributed by atoms with Gasteiger partial charge in [0.2, 0.25) is 5.58 Å². The van der Waals surface area contributed by atoms with E-state index < -0.39 is 0 Å². The van der Waals surface area contributed by atoms with Gasteiger partial charge in [-0.3, -0.25) is 4.90 Å². The maximum atomic E-state index is 6.09. The maximum Gasteiger partial charge on any atom is 0.273 e. The summed E-state index contributed by atoms with van der Waals surface area (Å²) in [5.74, 6) is 1.98. The van der Waals surface area contributed by atoms with Crippen LogP contribution in [0.2, 0.25) is 0 Å². The van der Waals surface area contributed by atoms with Gasteiger partial charge in [-0.15, -0.1) is 0 Å². The third kappa shape index (κ3) is 2.46. The quantitative estimate of drug-likeness (QED) is 0.702. The summed E-state index contributed by atoms with van der Waals surface area (Å²) >= 11 is 0. The minimum Gasteiger partial charge on any atom is -1.00 e. The second-order valence-electron chi connectivity index (χ2n) is 5.78. The highest BCUT2D eigenvalue weighted by Crippen LogP contribution is 2.30. The van der Waals surface area contributed by atoms with E-state index >= 15 is 0 Å². The third-order valence-corrected chi connectivity index (χ3v) is 4.37. The summed E-state index contributed by atoms with van der Waals surface area (Å²) in [5.41, 5.74) is 2.77. The van der Waals surface area contributed by atoms with Crippen LogP contribution >= 0.6 is 0 Å². The van der Waals surface area contributed by atoms with Gasteiger partial charge in [0.15, 0.2) is 0 Å². The number of quaternary nitrogens is 1. The lowest BCUT2D eigenvalue weighted by atomic mass is 10.1. The molecule has 4 rings (SSSR count). The van der Waals surface area contributed by atoms with Gasteiger partial charge in [-0.1, -0.05) is 19.1 Å². The Balaban J connectivity index is 0.00000144. The molecule has 2 aromatic heterocycles. The number of aromatic nitrogens is 2. The Kier molecular flexibility index (Phi) is 4.32.